The molecule has 0 aromatic heterocycles. The smallest absolute Gasteiger partial charge is 0.294 e. The highest BCUT2D eigenvalue weighted by molar-refractivity contribution is 7.85. The Bertz CT molecular complexity index is 1290. The number of aromatic hydroxyl groups is 1. The molecule has 5 N–H and O–H groups in total. The highest BCUT2D eigenvalue weighted by Gasteiger charge is 2.69. The number of ketones is 4. The van der Waals surface area contributed by atoms with Gasteiger partial charge in [-0.25, -0.2) is 0 Å². The number of carbonyl (C=O) groups is 5. The van der Waals surface area contributed by atoms with Gasteiger partial charge in [0.05, 0.1) is 22.4 Å². The van der Waals surface area contributed by atoms with Crippen LogP contribution in [0.5, 0.6) is 5.75 Å². The largest absolute Gasteiger partial charge is 0.507 e. The summed E-state index contributed by atoms with van der Waals surface area (Å²) in [6, 6.07) is 0.527. The van der Waals surface area contributed by atoms with Gasteiger partial charge in [-0.2, -0.15) is 8.42 Å². The second-order valence-electron chi connectivity index (χ2n) is 9.20. The number of hydrogen-bond donors (Lipinski definition) is 4. The minimum Gasteiger partial charge on any atom is -0.507 e. The first-order valence-corrected chi connectivity index (χ1v) is 11.7. The molecule has 2 fully saturated rings. The lowest BCUT2D eigenvalue weighted by Crippen LogP contribution is -2.74. The molecule has 2 saturated carbocycles. The maximum absolute atomic E-state index is 13.6. The first-order chi connectivity index (χ1) is 15.6. The summed E-state index contributed by atoms with van der Waals surface area (Å²) in [5, 5.41) is 21.7. The second kappa shape index (κ2) is 7.50. The maximum Gasteiger partial charge on any atom is 0.294 e. The van der Waals surface area contributed by atoms with Crippen LogP contribution in [0.3, 0.4) is 0 Å². The first kappa shape index (κ1) is 24.1. The van der Waals surface area contributed by atoms with E-state index in [1.54, 1.807) is 0 Å². The molecule has 1 aromatic carbocycles. The molecule has 34 heavy (non-hydrogen) atoms. The lowest BCUT2D eigenvalue weighted by atomic mass is 9.52. The molecular formula is C21H22N2O10S. The van der Waals surface area contributed by atoms with Crippen LogP contribution >= 0.6 is 0 Å². The van der Waals surface area contributed by atoms with Gasteiger partial charge in [0.15, 0.2) is 34.7 Å². The van der Waals surface area contributed by atoms with Gasteiger partial charge >= 0.3 is 0 Å². The molecule has 1 aromatic rings. The Labute approximate surface area is 193 Å². The Morgan fingerprint density at radius 1 is 1.15 bits per heavy atom. The van der Waals surface area contributed by atoms with Crippen molar-refractivity contribution < 1.29 is 47.2 Å². The maximum atomic E-state index is 13.6. The topological polar surface area (TPSA) is 209 Å². The summed E-state index contributed by atoms with van der Waals surface area (Å²) in [4.78, 5) is 65.6. The fourth-order valence-electron chi connectivity index (χ4n) is 5.82. The van der Waals surface area contributed by atoms with Crippen LogP contribution in [0.1, 0.15) is 22.3 Å². The van der Waals surface area contributed by atoms with E-state index in [0.29, 0.717) is 0 Å². The van der Waals surface area contributed by atoms with E-state index in [4.69, 9.17) is 5.73 Å². The summed E-state index contributed by atoms with van der Waals surface area (Å²) in [6.45, 7) is 0. The van der Waals surface area contributed by atoms with E-state index in [2.05, 4.69) is 0 Å². The molecule has 0 saturated heterocycles. The molecule has 182 valence electrons. The van der Waals surface area contributed by atoms with Crippen LogP contribution in [0.2, 0.25) is 0 Å². The number of Topliss-reactive ketones (excluding diaryl/α,β-unsaturated/α-hetero) is 4. The molecule has 4 rings (SSSR count). The molecule has 2 unspecified atom stereocenters. The summed E-state index contributed by atoms with van der Waals surface area (Å²) in [6.07, 6.45) is -0.500. The highest BCUT2D eigenvalue weighted by atomic mass is 32.2. The third kappa shape index (κ3) is 3.07. The van der Waals surface area contributed by atoms with Gasteiger partial charge in [-0.15, -0.1) is 0 Å². The Balaban J connectivity index is 1.92. The molecule has 0 radical (unpaired) electrons. The normalized spacial score (nSPS) is 33.4. The van der Waals surface area contributed by atoms with Gasteiger partial charge in [-0.1, -0.05) is 0 Å². The predicted octanol–water partition coefficient (Wildman–Crippen LogP) is -1.89. The number of amides is 1. The molecule has 1 amide bonds. The van der Waals surface area contributed by atoms with Crippen molar-refractivity contribution in [2.45, 2.75) is 29.4 Å². The number of likely N-dealkylation sites (N-methyl/N-ethyl adjacent to an activating group) is 1. The average molecular weight is 494 g/mol. The summed E-state index contributed by atoms with van der Waals surface area (Å²) >= 11 is 0. The van der Waals surface area contributed by atoms with Crippen molar-refractivity contribution in [3.05, 3.63) is 23.3 Å². The lowest BCUT2D eigenvalue weighted by molar-refractivity contribution is -0.181. The number of hydrogen-bond acceptors (Lipinski definition) is 10. The van der Waals surface area contributed by atoms with Crippen LogP contribution in [0, 0.1) is 23.7 Å². The van der Waals surface area contributed by atoms with Gasteiger partial charge in [0.1, 0.15) is 5.75 Å². The molecule has 13 heteroatoms. The van der Waals surface area contributed by atoms with E-state index in [-0.39, 0.29) is 18.4 Å². The molecule has 0 bridgehead atoms. The fraction of sp³-hybridized carbons (Fsp3) is 0.476. The zero-order valence-corrected chi connectivity index (χ0v) is 18.9. The molecule has 3 aliphatic carbocycles. The number of benzene rings is 1. The van der Waals surface area contributed by atoms with Crippen molar-refractivity contribution in [2.75, 3.05) is 14.1 Å². The van der Waals surface area contributed by atoms with Crippen molar-refractivity contribution in [1.29, 1.82) is 0 Å². The number of nitrogens with zero attached hydrogens (tertiary/aromatic N) is 1. The molecule has 0 heterocycles. The van der Waals surface area contributed by atoms with Crippen molar-refractivity contribution in [3.8, 4) is 5.75 Å². The molecular weight excluding hydrogens is 472 g/mol. The Hall–Kier alpha value is -3.00. The second-order valence-corrected chi connectivity index (χ2v) is 10.6. The fourth-order valence-corrected chi connectivity index (χ4v) is 6.55. The number of carbonyl (C=O) groups excluding carboxylic acids is 5. The zero-order valence-electron chi connectivity index (χ0n) is 18.1. The summed E-state index contributed by atoms with van der Waals surface area (Å²) < 4.78 is 33.3. The minimum atomic E-state index is -4.80. The van der Waals surface area contributed by atoms with E-state index in [1.807, 2.05) is 0 Å². The Morgan fingerprint density at radius 2 is 1.76 bits per heavy atom. The summed E-state index contributed by atoms with van der Waals surface area (Å²) in [5.74, 6) is -12.6. The van der Waals surface area contributed by atoms with E-state index in [0.717, 1.165) is 12.1 Å². The number of aliphatic hydroxyl groups is 1. The van der Waals surface area contributed by atoms with E-state index >= 15 is 0 Å². The number of phenols is 1. The number of rotatable bonds is 3. The van der Waals surface area contributed by atoms with Crippen LogP contribution in [0.25, 0.3) is 0 Å². The van der Waals surface area contributed by atoms with E-state index in [9.17, 15) is 47.2 Å². The standard InChI is InChI=1S/C21H22N2O10S/c1-23(2)15-9-6-7-5-8-11(34(31,32)33)4-3-10(24)13(8)16(25)12(7)18(27)21(9,30)19(28)14(17(15)26)20(22)29/h3-4,7,9,12,14-15,24,30H,5-6H2,1-2H3,(H2,22,29)(H,31,32,33)/t7-,9-,12?,14?,15-,21-/m0/s1. The van der Waals surface area contributed by atoms with Crippen LogP contribution in [0.4, 0.5) is 0 Å². The van der Waals surface area contributed by atoms with E-state index in [1.165, 1.54) is 19.0 Å². The number of primary amides is 1. The van der Waals surface area contributed by atoms with Crippen molar-refractivity contribution in [3.63, 3.8) is 0 Å². The third-order valence-corrected chi connectivity index (χ3v) is 8.12. The molecule has 6 atom stereocenters. The van der Waals surface area contributed by atoms with Gasteiger partial charge < -0.3 is 15.9 Å². The zero-order chi connectivity index (χ0) is 25.5. The van der Waals surface area contributed by atoms with Crippen molar-refractivity contribution >= 4 is 39.2 Å². The third-order valence-electron chi connectivity index (χ3n) is 7.18. The number of nitrogens with two attached hydrogens (primary N) is 1. The Morgan fingerprint density at radius 3 is 2.29 bits per heavy atom. The lowest BCUT2D eigenvalue weighted by Gasteiger charge is -2.52. The number of phenolic OH excluding ortho intramolecular Hbond substituents is 1. The first-order valence-electron chi connectivity index (χ1n) is 10.3. The van der Waals surface area contributed by atoms with Crippen LogP contribution in [0.15, 0.2) is 17.0 Å². The molecule has 3 aliphatic rings. The van der Waals surface area contributed by atoms with Gasteiger partial charge in [0.2, 0.25) is 5.91 Å². The van der Waals surface area contributed by atoms with Crippen LogP contribution < -0.4 is 5.73 Å². The van der Waals surface area contributed by atoms with Crippen molar-refractivity contribution in [2.24, 2.45) is 29.4 Å². The quantitative estimate of drug-likeness (QED) is 0.270. The van der Waals surface area contributed by atoms with Crippen molar-refractivity contribution in [1.82, 2.24) is 4.90 Å². The van der Waals surface area contributed by atoms with E-state index < -0.39 is 90.7 Å². The molecule has 0 aliphatic heterocycles. The average Bonchev–Trinajstić information content (AvgIpc) is 2.69. The SMILES string of the molecule is CN(C)[C@@H]1C(=O)C(C(N)=O)C(=O)[C@@]2(O)C(=O)C3C(=O)c4c(O)ccc(S(=O)(=O)O)c4C[C@H]3C[C@@H]12. The number of fused-ring (bicyclic) bond motifs is 3. The minimum absolute atomic E-state index is 0.197. The van der Waals surface area contributed by atoms with Crippen LogP contribution in [-0.2, 0) is 35.7 Å². The van der Waals surface area contributed by atoms with Crippen LogP contribution in [-0.4, -0.2) is 82.9 Å². The predicted molar refractivity (Wildman–Crippen MR) is 111 cm³/mol. The highest BCUT2D eigenvalue weighted by Crippen LogP contribution is 2.51. The van der Waals surface area contributed by atoms with Gasteiger partial charge in [0, 0.05) is 5.92 Å². The Kier molecular flexibility index (Phi) is 5.32. The van der Waals surface area contributed by atoms with Gasteiger partial charge in [-0.05, 0) is 50.6 Å². The molecule has 0 spiro atoms. The van der Waals surface area contributed by atoms with Gasteiger partial charge in [0.25, 0.3) is 10.1 Å². The summed E-state index contributed by atoms with van der Waals surface area (Å²) in [5.41, 5.74) is 1.66. The monoisotopic (exact) mass is 494 g/mol. The summed E-state index contributed by atoms with van der Waals surface area (Å²) in [7, 11) is -1.90. The molecule has 12 nitrogen and oxygen atoms in total. The van der Waals surface area contributed by atoms with Gasteiger partial charge in [-0.3, -0.25) is 33.4 Å².